The molecule has 1 unspecified atom stereocenters. The van der Waals surface area contributed by atoms with Crippen LogP contribution in [0.25, 0.3) is 0 Å². The molecule has 4 rings (SSSR count). The molecule has 1 aromatic rings. The van der Waals surface area contributed by atoms with E-state index in [-0.39, 0.29) is 23.3 Å². The number of fused-ring (bicyclic) bond motifs is 1. The van der Waals surface area contributed by atoms with E-state index in [2.05, 4.69) is 5.32 Å². The molecule has 9 heteroatoms. The van der Waals surface area contributed by atoms with E-state index < -0.39 is 25.4 Å². The van der Waals surface area contributed by atoms with Gasteiger partial charge < -0.3 is 5.32 Å². The number of nitrogens with one attached hydrogen (secondary N) is 1. The average molecular weight is 455 g/mol. The van der Waals surface area contributed by atoms with Gasteiger partial charge in [-0.3, -0.25) is 4.79 Å². The second kappa shape index (κ2) is 7.91. The first kappa shape index (κ1) is 21.8. The summed E-state index contributed by atoms with van der Waals surface area (Å²) in [7, 11) is -6.67. The van der Waals surface area contributed by atoms with Gasteiger partial charge in [0.25, 0.3) is 0 Å². The minimum absolute atomic E-state index is 0.0305. The van der Waals surface area contributed by atoms with Crippen LogP contribution in [0.1, 0.15) is 50.2 Å². The van der Waals surface area contributed by atoms with E-state index in [0.717, 1.165) is 31.2 Å². The molecule has 1 amide bonds. The van der Waals surface area contributed by atoms with Crippen LogP contribution in [-0.2, 0) is 37.5 Å². The smallest absolute Gasteiger partial charge is 0.243 e. The average Bonchev–Trinajstić information content (AvgIpc) is 3.00. The Balaban J connectivity index is 1.38. The zero-order valence-corrected chi connectivity index (χ0v) is 19.0. The molecule has 0 radical (unpaired) electrons. The molecule has 2 aliphatic heterocycles. The van der Waals surface area contributed by atoms with Gasteiger partial charge in [0.1, 0.15) is 0 Å². The molecule has 1 aliphatic carbocycles. The Morgan fingerprint density at radius 2 is 1.80 bits per heavy atom. The highest BCUT2D eigenvalue weighted by Crippen LogP contribution is 2.29. The van der Waals surface area contributed by atoms with E-state index in [1.54, 1.807) is 13.0 Å². The van der Waals surface area contributed by atoms with Gasteiger partial charge in [-0.25, -0.2) is 16.8 Å². The first-order valence-electron chi connectivity index (χ1n) is 10.7. The maximum Gasteiger partial charge on any atom is 0.243 e. The Bertz CT molecular complexity index is 1040. The number of benzene rings is 1. The normalized spacial score (nSPS) is 27.5. The van der Waals surface area contributed by atoms with Gasteiger partial charge in [-0.15, -0.1) is 0 Å². The highest BCUT2D eigenvalue weighted by molar-refractivity contribution is 7.91. The third kappa shape index (κ3) is 4.43. The first-order valence-corrected chi connectivity index (χ1v) is 14.0. The lowest BCUT2D eigenvalue weighted by molar-refractivity contribution is -0.127. The predicted molar refractivity (Wildman–Crippen MR) is 114 cm³/mol. The van der Waals surface area contributed by atoms with Crippen LogP contribution in [-0.4, -0.2) is 57.2 Å². The van der Waals surface area contributed by atoms with Gasteiger partial charge >= 0.3 is 0 Å². The lowest BCUT2D eigenvalue weighted by Crippen LogP contribution is -2.51. The van der Waals surface area contributed by atoms with Gasteiger partial charge in [0.05, 0.1) is 21.9 Å². The minimum Gasteiger partial charge on any atom is -0.350 e. The maximum absolute atomic E-state index is 13.1. The van der Waals surface area contributed by atoms with Crippen molar-refractivity contribution < 1.29 is 21.6 Å². The van der Waals surface area contributed by atoms with Crippen LogP contribution in [0, 0.1) is 5.92 Å². The third-order valence-corrected chi connectivity index (χ3v) is 10.5. The van der Waals surface area contributed by atoms with E-state index in [1.807, 2.05) is 12.1 Å². The summed E-state index contributed by atoms with van der Waals surface area (Å²) < 4.78 is 51.2. The number of rotatable bonds is 4. The molecule has 0 bridgehead atoms. The molecule has 1 N–H and O–H groups in total. The van der Waals surface area contributed by atoms with Crippen molar-refractivity contribution in [3.05, 3.63) is 29.3 Å². The largest absolute Gasteiger partial charge is 0.350 e. The monoisotopic (exact) mass is 454 g/mol. The summed E-state index contributed by atoms with van der Waals surface area (Å²) >= 11 is 0. The Kier molecular flexibility index (Phi) is 5.74. The van der Waals surface area contributed by atoms with Crippen LogP contribution in [0.15, 0.2) is 23.1 Å². The Labute approximate surface area is 179 Å². The van der Waals surface area contributed by atoms with Crippen LogP contribution in [0.5, 0.6) is 0 Å². The van der Waals surface area contributed by atoms with Crippen LogP contribution in [0.3, 0.4) is 0 Å². The molecule has 2 fully saturated rings. The molecule has 2 saturated heterocycles. The number of carbonyl (C=O) groups excluding carboxylic acids is 1. The van der Waals surface area contributed by atoms with Crippen molar-refractivity contribution in [2.24, 2.45) is 5.92 Å². The third-order valence-electron chi connectivity index (χ3n) is 6.71. The Morgan fingerprint density at radius 1 is 1.13 bits per heavy atom. The number of aryl methyl sites for hydroxylation is 2. The second-order valence-corrected chi connectivity index (χ2v) is 13.3. The number of hydrogen-bond donors (Lipinski definition) is 1. The van der Waals surface area contributed by atoms with Crippen LogP contribution in [0.4, 0.5) is 0 Å². The zero-order chi connectivity index (χ0) is 21.6. The number of sulfonamides is 1. The minimum atomic E-state index is -3.57. The number of nitrogens with zero attached hydrogens (tertiary/aromatic N) is 1. The maximum atomic E-state index is 13.1. The standard InChI is InChI=1S/C21H30N2O5S2/c1-21(10-13-29(25,26)15-21)22-20(24)17-8-11-23(12-9-17)30(27,28)19-7-6-16-4-2-3-5-18(16)14-19/h6-7,14,17H,2-5,8-13,15H2,1H3,(H,22,24). The van der Waals surface area contributed by atoms with Crippen molar-refractivity contribution in [1.82, 2.24) is 9.62 Å². The zero-order valence-electron chi connectivity index (χ0n) is 17.4. The summed E-state index contributed by atoms with van der Waals surface area (Å²) in [4.78, 5) is 13.0. The van der Waals surface area contributed by atoms with Crippen LogP contribution < -0.4 is 5.32 Å². The molecule has 0 aromatic heterocycles. The van der Waals surface area contributed by atoms with Crippen molar-refractivity contribution in [2.45, 2.75) is 62.3 Å². The lowest BCUT2D eigenvalue weighted by Gasteiger charge is -2.33. The highest BCUT2D eigenvalue weighted by atomic mass is 32.2. The van der Waals surface area contributed by atoms with E-state index in [9.17, 15) is 21.6 Å². The molecule has 30 heavy (non-hydrogen) atoms. The van der Waals surface area contributed by atoms with E-state index in [0.29, 0.717) is 37.2 Å². The first-order chi connectivity index (χ1) is 14.1. The fourth-order valence-corrected chi connectivity index (χ4v) is 8.50. The summed E-state index contributed by atoms with van der Waals surface area (Å²) in [6.07, 6.45) is 5.49. The van der Waals surface area contributed by atoms with Crippen molar-refractivity contribution in [3.63, 3.8) is 0 Å². The summed E-state index contributed by atoms with van der Waals surface area (Å²) in [6.45, 7) is 2.37. The quantitative estimate of drug-likeness (QED) is 0.746. The SMILES string of the molecule is CC1(NC(=O)C2CCN(S(=O)(=O)c3ccc4c(c3)CCCC4)CC2)CCS(=O)(=O)C1. The second-order valence-electron chi connectivity index (χ2n) is 9.21. The topological polar surface area (TPSA) is 101 Å². The summed E-state index contributed by atoms with van der Waals surface area (Å²) in [5, 5.41) is 2.91. The summed E-state index contributed by atoms with van der Waals surface area (Å²) in [5.74, 6) is -0.390. The fraction of sp³-hybridized carbons (Fsp3) is 0.667. The molecule has 1 aromatic carbocycles. The molecule has 0 saturated carbocycles. The van der Waals surface area contributed by atoms with Gasteiger partial charge in [0, 0.05) is 19.0 Å². The van der Waals surface area contributed by atoms with E-state index in [4.69, 9.17) is 0 Å². The molecular weight excluding hydrogens is 424 g/mol. The van der Waals surface area contributed by atoms with Crippen LogP contribution >= 0.6 is 0 Å². The summed E-state index contributed by atoms with van der Waals surface area (Å²) in [5.41, 5.74) is 1.66. The van der Waals surface area contributed by atoms with Crippen molar-refractivity contribution in [1.29, 1.82) is 0 Å². The summed E-state index contributed by atoms with van der Waals surface area (Å²) in [6, 6.07) is 5.47. The molecule has 2 heterocycles. The van der Waals surface area contributed by atoms with Gasteiger partial charge in [-0.1, -0.05) is 6.07 Å². The van der Waals surface area contributed by atoms with Crippen molar-refractivity contribution in [2.75, 3.05) is 24.6 Å². The molecule has 7 nitrogen and oxygen atoms in total. The number of hydrogen-bond acceptors (Lipinski definition) is 5. The number of piperidine rings is 1. The van der Waals surface area contributed by atoms with Gasteiger partial charge in [0.2, 0.25) is 15.9 Å². The Morgan fingerprint density at radius 3 is 2.43 bits per heavy atom. The number of sulfone groups is 1. The molecule has 3 aliphatic rings. The molecule has 1 atom stereocenters. The highest BCUT2D eigenvalue weighted by Gasteiger charge is 2.41. The molecule has 0 spiro atoms. The molecular formula is C21H30N2O5S2. The predicted octanol–water partition coefficient (Wildman–Crippen LogP) is 1.66. The Hall–Kier alpha value is -1.45. The van der Waals surface area contributed by atoms with E-state index >= 15 is 0 Å². The van der Waals surface area contributed by atoms with Gasteiger partial charge in [0.15, 0.2) is 9.84 Å². The number of amides is 1. The van der Waals surface area contributed by atoms with Gasteiger partial charge in [-0.05, 0) is 75.1 Å². The van der Waals surface area contributed by atoms with Crippen LogP contribution in [0.2, 0.25) is 0 Å². The van der Waals surface area contributed by atoms with Crippen molar-refractivity contribution in [3.8, 4) is 0 Å². The van der Waals surface area contributed by atoms with E-state index in [1.165, 1.54) is 9.87 Å². The molecule has 166 valence electrons. The number of carbonyl (C=O) groups is 1. The lowest BCUT2D eigenvalue weighted by atomic mass is 9.92. The van der Waals surface area contributed by atoms with Crippen molar-refractivity contribution >= 4 is 25.8 Å². The fourth-order valence-electron chi connectivity index (χ4n) is 4.89. The van der Waals surface area contributed by atoms with Gasteiger partial charge in [-0.2, -0.15) is 4.31 Å².